The molecule has 1 saturated carbocycles. The Morgan fingerprint density at radius 3 is 2.28 bits per heavy atom. The summed E-state index contributed by atoms with van der Waals surface area (Å²) in [6, 6.07) is 0. The monoisotopic (exact) mass is 266 g/mol. The van der Waals surface area contributed by atoms with E-state index < -0.39 is 8.32 Å². The largest absolute Gasteiger partial charge is 0.428 e. The number of allylic oxidation sites excluding steroid dienone is 1. The lowest BCUT2D eigenvalue weighted by Gasteiger charge is -2.14. The predicted octanol–water partition coefficient (Wildman–Crippen LogP) is 4.67. The first-order chi connectivity index (χ1) is 8.49. The highest BCUT2D eigenvalue weighted by Gasteiger charge is 2.10. The Hall–Kier alpha value is -0.523. The van der Waals surface area contributed by atoms with Crippen molar-refractivity contribution in [2.75, 3.05) is 0 Å². The normalized spacial score (nSPS) is 17.1. The zero-order valence-corrected chi connectivity index (χ0v) is 13.4. The maximum Gasteiger partial charge on any atom is 0.206 e. The van der Waals surface area contributed by atoms with Crippen LogP contribution in [0.1, 0.15) is 58.3 Å². The van der Waals surface area contributed by atoms with Gasteiger partial charge in [-0.25, -0.2) is 0 Å². The zero-order chi connectivity index (χ0) is 13.9. The summed E-state index contributed by atoms with van der Waals surface area (Å²) in [4.78, 5) is 9.37. The summed E-state index contributed by atoms with van der Waals surface area (Å²) in [6.07, 6.45) is 17.6. The molecular formula is C16H30OSi. The van der Waals surface area contributed by atoms with Gasteiger partial charge in [0.1, 0.15) is 0 Å². The summed E-state index contributed by atoms with van der Waals surface area (Å²) in [7, 11) is -1.89. The van der Waals surface area contributed by atoms with Gasteiger partial charge in [-0.15, -0.1) is 12.3 Å². The van der Waals surface area contributed by atoms with Gasteiger partial charge in [-0.1, -0.05) is 50.8 Å². The molecule has 2 heteroatoms. The highest BCUT2D eigenvalue weighted by Crippen LogP contribution is 2.22. The third-order valence-corrected chi connectivity index (χ3v) is 4.14. The molecule has 0 saturated heterocycles. The lowest BCUT2D eigenvalue weighted by Crippen LogP contribution is -2.21. The summed E-state index contributed by atoms with van der Waals surface area (Å²) < 4.78 is 0. The fourth-order valence-corrected chi connectivity index (χ4v) is 2.71. The third-order valence-electron chi connectivity index (χ3n) is 3.09. The van der Waals surface area contributed by atoms with Gasteiger partial charge in [-0.05, 0) is 32.4 Å². The molecule has 0 aromatic heterocycles. The Labute approximate surface area is 115 Å². The van der Waals surface area contributed by atoms with Crippen LogP contribution in [-0.4, -0.2) is 13.1 Å². The van der Waals surface area contributed by atoms with Crippen LogP contribution in [0.4, 0.5) is 0 Å². The van der Waals surface area contributed by atoms with Gasteiger partial charge < -0.3 is 4.80 Å². The highest BCUT2D eigenvalue weighted by molar-refractivity contribution is 6.74. The summed E-state index contributed by atoms with van der Waals surface area (Å²) in [5.74, 6) is 3.42. The van der Waals surface area contributed by atoms with Crippen molar-refractivity contribution >= 4 is 8.32 Å². The number of terminal acetylenes is 1. The lowest BCUT2D eigenvalue weighted by atomic mass is 9.90. The Bertz CT molecular complexity index is 251. The molecule has 1 nitrogen and oxygen atoms in total. The molecule has 0 amide bonds. The first-order valence-corrected chi connectivity index (χ1v) is 10.4. The first kappa shape index (κ1) is 17.5. The van der Waals surface area contributed by atoms with Crippen LogP contribution >= 0.6 is 0 Å². The van der Waals surface area contributed by atoms with Gasteiger partial charge >= 0.3 is 0 Å². The van der Waals surface area contributed by atoms with Crippen LogP contribution in [0.5, 0.6) is 0 Å². The van der Waals surface area contributed by atoms with E-state index >= 15 is 0 Å². The van der Waals surface area contributed by atoms with Gasteiger partial charge in [0, 0.05) is 5.92 Å². The average molecular weight is 267 g/mol. The molecule has 0 aromatic rings. The van der Waals surface area contributed by atoms with Crippen molar-refractivity contribution in [1.29, 1.82) is 0 Å². The molecule has 1 aliphatic carbocycles. The van der Waals surface area contributed by atoms with E-state index in [1.54, 1.807) is 0 Å². The predicted molar refractivity (Wildman–Crippen MR) is 83.8 cm³/mol. The molecule has 1 N–H and O–H groups in total. The first-order valence-electron chi connectivity index (χ1n) is 7.35. The highest BCUT2D eigenvalue weighted by atomic mass is 28.4. The van der Waals surface area contributed by atoms with Crippen LogP contribution < -0.4 is 0 Å². The van der Waals surface area contributed by atoms with E-state index in [-0.39, 0.29) is 0 Å². The van der Waals surface area contributed by atoms with Gasteiger partial charge in [0.2, 0.25) is 8.32 Å². The van der Waals surface area contributed by atoms with E-state index in [0.717, 1.165) is 6.42 Å². The van der Waals surface area contributed by atoms with E-state index in [4.69, 9.17) is 6.42 Å². The number of rotatable bonds is 4. The minimum Gasteiger partial charge on any atom is -0.428 e. The molecule has 1 aliphatic rings. The van der Waals surface area contributed by atoms with Crippen molar-refractivity contribution in [1.82, 2.24) is 0 Å². The second-order valence-corrected chi connectivity index (χ2v) is 9.34. The molecule has 0 radical (unpaired) electrons. The smallest absolute Gasteiger partial charge is 0.206 e. The molecule has 0 bridgehead atoms. The topological polar surface area (TPSA) is 20.2 Å². The lowest BCUT2D eigenvalue weighted by molar-refractivity contribution is 0.430. The molecule has 0 spiro atoms. The van der Waals surface area contributed by atoms with Gasteiger partial charge in [-0.3, -0.25) is 0 Å². The van der Waals surface area contributed by atoms with Crippen LogP contribution in [0.2, 0.25) is 13.1 Å². The van der Waals surface area contributed by atoms with Crippen molar-refractivity contribution in [2.45, 2.75) is 71.4 Å². The minimum absolute atomic E-state index is 0.615. The molecule has 0 aromatic carbocycles. The van der Waals surface area contributed by atoms with Crippen molar-refractivity contribution in [2.24, 2.45) is 5.92 Å². The number of unbranched alkanes of at least 4 members (excludes halogenated alkanes) is 2. The summed E-state index contributed by atoms with van der Waals surface area (Å²) in [5.41, 5.74) is 1.99. The van der Waals surface area contributed by atoms with Gasteiger partial charge in [0.25, 0.3) is 0 Å². The summed E-state index contributed by atoms with van der Waals surface area (Å²) in [6.45, 7) is 6.03. The van der Waals surface area contributed by atoms with Crippen molar-refractivity contribution in [3.63, 3.8) is 0 Å². The maximum absolute atomic E-state index is 9.37. The molecular weight excluding hydrogens is 236 g/mol. The molecule has 1 fully saturated rings. The molecule has 0 unspecified atom stereocenters. The van der Waals surface area contributed by atoms with Crippen LogP contribution in [0, 0.1) is 18.3 Å². The Morgan fingerprint density at radius 1 is 1.28 bits per heavy atom. The molecule has 18 heavy (non-hydrogen) atoms. The van der Waals surface area contributed by atoms with E-state index in [2.05, 4.69) is 18.9 Å². The Balaban J connectivity index is 0.000000327. The zero-order valence-electron chi connectivity index (χ0n) is 12.4. The summed E-state index contributed by atoms with van der Waals surface area (Å²) in [5, 5.41) is 0. The number of hydrogen-bond acceptors (Lipinski definition) is 1. The van der Waals surface area contributed by atoms with Crippen molar-refractivity contribution in [3.05, 3.63) is 11.8 Å². The van der Waals surface area contributed by atoms with Crippen molar-refractivity contribution < 1.29 is 4.80 Å². The standard InChI is InChI=1S/C8H18OSi.C8H12/c1-4-5-6-7-8-10(2,3)9;1-2-8-6-4-3-5-7-8/h7-9H,4-6H2,1-3H3;1,8H,3-7H2. The Kier molecular flexibility index (Phi) is 10.1. The number of hydrogen-bond donors (Lipinski definition) is 1. The van der Waals surface area contributed by atoms with Gasteiger partial charge in [-0.2, -0.15) is 0 Å². The van der Waals surface area contributed by atoms with E-state index in [9.17, 15) is 4.80 Å². The SMILES string of the molecule is C#CC1CCCCC1.CCCCC=C[Si](C)(C)O. The summed E-state index contributed by atoms with van der Waals surface area (Å²) >= 11 is 0. The van der Waals surface area contributed by atoms with Crippen LogP contribution in [0.3, 0.4) is 0 Å². The van der Waals surface area contributed by atoms with Crippen LogP contribution in [0.15, 0.2) is 11.8 Å². The average Bonchev–Trinajstić information content (AvgIpc) is 2.35. The molecule has 1 rings (SSSR count). The Morgan fingerprint density at radius 2 is 1.89 bits per heavy atom. The second-order valence-electron chi connectivity index (χ2n) is 5.70. The van der Waals surface area contributed by atoms with Gasteiger partial charge in [0.15, 0.2) is 0 Å². The van der Waals surface area contributed by atoms with Crippen LogP contribution in [-0.2, 0) is 0 Å². The quantitative estimate of drug-likeness (QED) is 0.445. The fourth-order valence-electron chi connectivity index (χ4n) is 1.96. The molecule has 0 heterocycles. The van der Waals surface area contributed by atoms with Gasteiger partial charge in [0.05, 0.1) is 0 Å². The second kappa shape index (κ2) is 10.4. The molecule has 104 valence electrons. The van der Waals surface area contributed by atoms with E-state index in [1.165, 1.54) is 44.9 Å². The van der Waals surface area contributed by atoms with E-state index in [1.807, 2.05) is 18.8 Å². The van der Waals surface area contributed by atoms with E-state index in [0.29, 0.717) is 5.92 Å². The van der Waals surface area contributed by atoms with Crippen molar-refractivity contribution in [3.8, 4) is 12.3 Å². The fraction of sp³-hybridized carbons (Fsp3) is 0.750. The minimum atomic E-state index is -1.89. The molecule has 0 aliphatic heterocycles. The maximum atomic E-state index is 9.37. The van der Waals surface area contributed by atoms with Crippen LogP contribution in [0.25, 0.3) is 0 Å². The third kappa shape index (κ3) is 11.9. The molecule has 0 atom stereocenters.